The van der Waals surface area contributed by atoms with Crippen molar-refractivity contribution < 1.29 is 8.42 Å². The maximum absolute atomic E-state index is 11.8. The van der Waals surface area contributed by atoms with Gasteiger partial charge >= 0.3 is 0 Å². The number of nitrogens with one attached hydrogen (secondary N) is 1. The smallest absolute Gasteiger partial charge is 0.211 e. The molecule has 15 heavy (non-hydrogen) atoms. The fourth-order valence-electron chi connectivity index (χ4n) is 1.04. The Kier molecular flexibility index (Phi) is 4.50. The highest BCUT2D eigenvalue weighted by molar-refractivity contribution is 9.10. The Balaban J connectivity index is 2.87. The zero-order valence-corrected chi connectivity index (χ0v) is 10.5. The first-order valence-corrected chi connectivity index (χ1v) is 6.70. The highest BCUT2D eigenvalue weighted by atomic mass is 79.9. The van der Waals surface area contributed by atoms with E-state index in [1.54, 1.807) is 30.3 Å². The van der Waals surface area contributed by atoms with Crippen molar-refractivity contribution in [3.05, 3.63) is 41.4 Å². The number of sulfonamides is 1. The second-order valence-electron chi connectivity index (χ2n) is 2.91. The van der Waals surface area contributed by atoms with Crippen LogP contribution < -0.4 is 4.72 Å². The number of benzene rings is 1. The van der Waals surface area contributed by atoms with Crippen molar-refractivity contribution >= 4 is 26.0 Å². The molecule has 0 radical (unpaired) electrons. The van der Waals surface area contributed by atoms with Crippen LogP contribution in [0.3, 0.4) is 0 Å². The third kappa shape index (κ3) is 3.44. The second kappa shape index (κ2) is 5.44. The molecule has 0 heterocycles. The lowest BCUT2D eigenvalue weighted by molar-refractivity contribution is 0.581. The summed E-state index contributed by atoms with van der Waals surface area (Å²) in [5, 5.41) is 0. The van der Waals surface area contributed by atoms with Crippen LogP contribution in [0.15, 0.2) is 46.3 Å². The predicted molar refractivity (Wildman–Crippen MR) is 64.1 cm³/mol. The molecule has 1 N–H and O–H groups in total. The van der Waals surface area contributed by atoms with E-state index >= 15 is 0 Å². The fraction of sp³-hybridized carbons (Fsp3) is 0.200. The van der Waals surface area contributed by atoms with E-state index in [0.29, 0.717) is 17.4 Å². The molecule has 0 aliphatic heterocycles. The van der Waals surface area contributed by atoms with Gasteiger partial charge in [-0.1, -0.05) is 18.2 Å². The maximum atomic E-state index is 11.8. The third-order valence-electron chi connectivity index (χ3n) is 1.77. The summed E-state index contributed by atoms with van der Waals surface area (Å²) in [6.45, 7) is 3.89. The average Bonchev–Trinajstić information content (AvgIpc) is 2.18. The quantitative estimate of drug-likeness (QED) is 0.668. The van der Waals surface area contributed by atoms with E-state index in [1.807, 2.05) is 0 Å². The first-order chi connectivity index (χ1) is 7.08. The topological polar surface area (TPSA) is 46.2 Å². The van der Waals surface area contributed by atoms with Gasteiger partial charge in [0.2, 0.25) is 10.0 Å². The van der Waals surface area contributed by atoms with E-state index in [4.69, 9.17) is 0 Å². The summed E-state index contributed by atoms with van der Waals surface area (Å²) in [6.07, 6.45) is 2.28. The molecule has 0 saturated carbocycles. The van der Waals surface area contributed by atoms with Crippen LogP contribution in [0.5, 0.6) is 0 Å². The lowest BCUT2D eigenvalue weighted by atomic mass is 10.4. The van der Waals surface area contributed by atoms with Crippen LogP contribution in [-0.4, -0.2) is 15.0 Å². The van der Waals surface area contributed by atoms with E-state index in [1.165, 1.54) is 0 Å². The molecule has 5 heteroatoms. The van der Waals surface area contributed by atoms with Gasteiger partial charge in [0, 0.05) is 11.0 Å². The van der Waals surface area contributed by atoms with Crippen molar-refractivity contribution in [2.45, 2.75) is 11.3 Å². The lowest BCUT2D eigenvalue weighted by Gasteiger charge is -2.06. The summed E-state index contributed by atoms with van der Waals surface area (Å²) >= 11 is 3.20. The van der Waals surface area contributed by atoms with Crippen LogP contribution in [0.25, 0.3) is 0 Å². The average molecular weight is 290 g/mol. The molecule has 0 spiro atoms. The van der Waals surface area contributed by atoms with Gasteiger partial charge in [-0.2, -0.15) is 0 Å². The Morgan fingerprint density at radius 3 is 2.67 bits per heavy atom. The number of hydrogen-bond acceptors (Lipinski definition) is 2. The maximum Gasteiger partial charge on any atom is 0.241 e. The third-order valence-corrected chi connectivity index (χ3v) is 4.24. The molecular formula is C10H12BrNO2S. The summed E-state index contributed by atoms with van der Waals surface area (Å²) in [7, 11) is -3.41. The summed E-state index contributed by atoms with van der Waals surface area (Å²) in [5.41, 5.74) is 0. The van der Waals surface area contributed by atoms with Crippen LogP contribution >= 0.6 is 15.9 Å². The summed E-state index contributed by atoms with van der Waals surface area (Å²) in [5.74, 6) is 0. The molecule has 0 aliphatic rings. The van der Waals surface area contributed by atoms with Gasteiger partial charge in [-0.25, -0.2) is 13.1 Å². The zero-order chi connectivity index (χ0) is 11.3. The van der Waals surface area contributed by atoms with Gasteiger partial charge in [-0.15, -0.1) is 6.58 Å². The molecule has 1 aromatic carbocycles. The molecular weight excluding hydrogens is 278 g/mol. The molecule has 1 aromatic rings. The molecule has 0 aromatic heterocycles. The van der Waals surface area contributed by atoms with E-state index in [-0.39, 0.29) is 4.90 Å². The van der Waals surface area contributed by atoms with Gasteiger partial charge in [0.25, 0.3) is 0 Å². The van der Waals surface area contributed by atoms with E-state index in [0.717, 1.165) is 0 Å². The molecule has 3 nitrogen and oxygen atoms in total. The SMILES string of the molecule is C=CCCNS(=O)(=O)c1ccccc1Br. The zero-order valence-electron chi connectivity index (χ0n) is 8.11. The van der Waals surface area contributed by atoms with Gasteiger partial charge in [0.1, 0.15) is 0 Å². The predicted octanol–water partition coefficient (Wildman–Crippen LogP) is 2.30. The van der Waals surface area contributed by atoms with Crippen molar-refractivity contribution in [1.29, 1.82) is 0 Å². The Hall–Kier alpha value is -0.650. The Labute approximate surface area is 98.4 Å². The standard InChI is InChI=1S/C10H12BrNO2S/c1-2-3-8-12-15(13,14)10-7-5-4-6-9(10)11/h2,4-7,12H,1,3,8H2. The minimum Gasteiger partial charge on any atom is -0.211 e. The summed E-state index contributed by atoms with van der Waals surface area (Å²) in [4.78, 5) is 0.258. The fourth-order valence-corrected chi connectivity index (χ4v) is 3.08. The van der Waals surface area contributed by atoms with Crippen LogP contribution in [0.2, 0.25) is 0 Å². The first-order valence-electron chi connectivity index (χ1n) is 4.43. The lowest BCUT2D eigenvalue weighted by Crippen LogP contribution is -2.24. The van der Waals surface area contributed by atoms with E-state index in [2.05, 4.69) is 27.2 Å². The monoisotopic (exact) mass is 289 g/mol. The minimum absolute atomic E-state index is 0.258. The highest BCUT2D eigenvalue weighted by Crippen LogP contribution is 2.20. The normalized spacial score (nSPS) is 11.3. The molecule has 1 rings (SSSR count). The molecule has 0 aliphatic carbocycles. The van der Waals surface area contributed by atoms with Gasteiger partial charge in [0.05, 0.1) is 4.90 Å². The molecule has 0 fully saturated rings. The largest absolute Gasteiger partial charge is 0.241 e. The molecule has 0 amide bonds. The van der Waals surface area contributed by atoms with Crippen molar-refractivity contribution in [3.63, 3.8) is 0 Å². The Bertz CT molecular complexity index is 442. The molecule has 0 atom stereocenters. The Morgan fingerprint density at radius 1 is 1.40 bits per heavy atom. The van der Waals surface area contributed by atoms with Gasteiger partial charge in [-0.3, -0.25) is 0 Å². The number of hydrogen-bond donors (Lipinski definition) is 1. The Morgan fingerprint density at radius 2 is 2.07 bits per heavy atom. The molecule has 0 unspecified atom stereocenters. The summed E-state index contributed by atoms with van der Waals surface area (Å²) in [6, 6.07) is 6.71. The van der Waals surface area contributed by atoms with Crippen molar-refractivity contribution in [1.82, 2.24) is 4.72 Å². The van der Waals surface area contributed by atoms with Gasteiger partial charge < -0.3 is 0 Å². The van der Waals surface area contributed by atoms with Crippen LogP contribution in [-0.2, 0) is 10.0 Å². The molecule has 0 bridgehead atoms. The van der Waals surface area contributed by atoms with Gasteiger partial charge in [0.15, 0.2) is 0 Å². The van der Waals surface area contributed by atoms with Crippen LogP contribution in [0.1, 0.15) is 6.42 Å². The molecule has 0 saturated heterocycles. The van der Waals surface area contributed by atoms with Crippen molar-refractivity contribution in [2.75, 3.05) is 6.54 Å². The van der Waals surface area contributed by atoms with Crippen LogP contribution in [0, 0.1) is 0 Å². The minimum atomic E-state index is -3.41. The number of rotatable bonds is 5. The highest BCUT2D eigenvalue weighted by Gasteiger charge is 2.15. The van der Waals surface area contributed by atoms with Crippen molar-refractivity contribution in [3.8, 4) is 0 Å². The van der Waals surface area contributed by atoms with Crippen LogP contribution in [0.4, 0.5) is 0 Å². The van der Waals surface area contributed by atoms with E-state index in [9.17, 15) is 8.42 Å². The van der Waals surface area contributed by atoms with Gasteiger partial charge in [-0.05, 0) is 34.5 Å². The molecule has 82 valence electrons. The first kappa shape index (κ1) is 12.4. The van der Waals surface area contributed by atoms with Crippen molar-refractivity contribution in [2.24, 2.45) is 0 Å². The number of halogens is 1. The summed E-state index contributed by atoms with van der Waals surface area (Å²) < 4.78 is 26.6. The second-order valence-corrected chi connectivity index (χ2v) is 5.50. The van der Waals surface area contributed by atoms with E-state index < -0.39 is 10.0 Å².